The monoisotopic (exact) mass is 349 g/mol. The maximum Gasteiger partial charge on any atom is 0.303 e. The summed E-state index contributed by atoms with van der Waals surface area (Å²) < 4.78 is 5.54. The van der Waals surface area contributed by atoms with Crippen LogP contribution in [0.15, 0.2) is 18.2 Å². The molecule has 0 aliphatic carbocycles. The topological polar surface area (TPSA) is 125 Å². The van der Waals surface area contributed by atoms with Crippen molar-refractivity contribution in [1.82, 2.24) is 5.32 Å². The van der Waals surface area contributed by atoms with E-state index in [0.29, 0.717) is 17.1 Å². The second-order valence-corrected chi connectivity index (χ2v) is 5.48. The Bertz CT molecular complexity index is 718. The van der Waals surface area contributed by atoms with Crippen molar-refractivity contribution in [3.05, 3.63) is 18.2 Å². The molecule has 1 unspecified atom stereocenters. The lowest BCUT2D eigenvalue weighted by atomic mass is 10.1. The van der Waals surface area contributed by atoms with Gasteiger partial charge in [0.25, 0.3) is 5.91 Å². The van der Waals surface area contributed by atoms with Crippen LogP contribution >= 0.6 is 0 Å². The molecule has 0 bridgehead atoms. The van der Waals surface area contributed by atoms with E-state index in [0.717, 1.165) is 0 Å². The number of nitrogens with one attached hydrogen (secondary N) is 2. The van der Waals surface area contributed by atoms with E-state index in [4.69, 9.17) is 9.84 Å². The average molecular weight is 349 g/mol. The van der Waals surface area contributed by atoms with E-state index in [1.54, 1.807) is 19.1 Å². The fraction of sp³-hybridized carbons (Fsp3) is 0.375. The number of carboxylic acids is 1. The molecule has 1 aromatic carbocycles. The maximum atomic E-state index is 12.2. The third-order valence-electron chi connectivity index (χ3n) is 3.60. The van der Waals surface area contributed by atoms with Crippen LogP contribution in [0.2, 0.25) is 0 Å². The molecular weight excluding hydrogens is 330 g/mol. The van der Waals surface area contributed by atoms with Gasteiger partial charge >= 0.3 is 5.97 Å². The summed E-state index contributed by atoms with van der Waals surface area (Å²) >= 11 is 0. The van der Waals surface area contributed by atoms with Crippen LogP contribution in [0.25, 0.3) is 0 Å². The molecule has 3 N–H and O–H groups in total. The molecule has 0 radical (unpaired) electrons. The number of rotatable bonds is 6. The number of hydrogen-bond acceptors (Lipinski definition) is 5. The first-order valence-electron chi connectivity index (χ1n) is 7.66. The minimum absolute atomic E-state index is 0.139. The largest absolute Gasteiger partial charge is 0.481 e. The first-order valence-corrected chi connectivity index (χ1v) is 7.66. The average Bonchev–Trinajstić information content (AvgIpc) is 2.56. The van der Waals surface area contributed by atoms with Crippen LogP contribution in [0.3, 0.4) is 0 Å². The maximum absolute atomic E-state index is 12.2. The van der Waals surface area contributed by atoms with Gasteiger partial charge in [-0.25, -0.2) is 0 Å². The minimum atomic E-state index is -1.05. The zero-order chi connectivity index (χ0) is 18.6. The molecule has 1 atom stereocenters. The highest BCUT2D eigenvalue weighted by Crippen LogP contribution is 2.36. The summed E-state index contributed by atoms with van der Waals surface area (Å²) in [6.07, 6.45) is -1.18. The summed E-state index contributed by atoms with van der Waals surface area (Å²) in [5.41, 5.74) is 0.839. The molecule has 25 heavy (non-hydrogen) atoms. The Balaban J connectivity index is 2.19. The highest BCUT2D eigenvalue weighted by atomic mass is 16.5. The number of carbonyl (C=O) groups excluding carboxylic acids is 3. The predicted octanol–water partition coefficient (Wildman–Crippen LogP) is 0.350. The molecule has 9 nitrogen and oxygen atoms in total. The van der Waals surface area contributed by atoms with Gasteiger partial charge in [0.05, 0.1) is 12.1 Å². The molecule has 2 rings (SSSR count). The zero-order valence-electron chi connectivity index (χ0n) is 13.9. The standard InChI is InChI=1S/C16H19N3O6/c1-9-16(24)19(8-14(21)17-2)11-4-3-10(7-12(11)25-9)18-13(20)5-6-15(22)23/h3-4,7,9H,5-6,8H2,1-2H3,(H,17,21)(H,18,20)(H,22,23). The number of nitrogens with zero attached hydrogens (tertiary/aromatic N) is 1. The van der Waals surface area contributed by atoms with Crippen molar-refractivity contribution in [3.8, 4) is 5.75 Å². The number of likely N-dealkylation sites (N-methyl/N-ethyl adjacent to an activating group) is 1. The van der Waals surface area contributed by atoms with E-state index in [1.165, 1.54) is 18.0 Å². The molecule has 0 fully saturated rings. The Morgan fingerprint density at radius 3 is 2.60 bits per heavy atom. The summed E-state index contributed by atoms with van der Waals surface area (Å²) in [5, 5.41) is 13.6. The van der Waals surface area contributed by atoms with E-state index in [2.05, 4.69) is 10.6 Å². The summed E-state index contributed by atoms with van der Waals surface area (Å²) in [4.78, 5) is 47.4. The molecule has 0 aromatic heterocycles. The lowest BCUT2D eigenvalue weighted by Gasteiger charge is -2.32. The van der Waals surface area contributed by atoms with Crippen molar-refractivity contribution < 1.29 is 29.0 Å². The molecule has 134 valence electrons. The number of carbonyl (C=O) groups is 4. The van der Waals surface area contributed by atoms with Crippen LogP contribution in [-0.4, -0.2) is 48.5 Å². The highest BCUT2D eigenvalue weighted by molar-refractivity contribution is 6.04. The molecule has 1 aliphatic heterocycles. The fourth-order valence-electron chi connectivity index (χ4n) is 2.32. The molecular formula is C16H19N3O6. The van der Waals surface area contributed by atoms with Crippen molar-refractivity contribution in [2.45, 2.75) is 25.9 Å². The predicted molar refractivity (Wildman–Crippen MR) is 88.5 cm³/mol. The SMILES string of the molecule is CNC(=O)CN1C(=O)C(C)Oc2cc(NC(=O)CCC(=O)O)ccc21. The van der Waals surface area contributed by atoms with Crippen LogP contribution in [0.4, 0.5) is 11.4 Å². The molecule has 0 saturated carbocycles. The summed E-state index contributed by atoms with van der Waals surface area (Å²) in [5.74, 6) is -1.80. The number of fused-ring (bicyclic) bond motifs is 1. The first-order chi connectivity index (χ1) is 11.8. The molecule has 3 amide bonds. The highest BCUT2D eigenvalue weighted by Gasteiger charge is 2.32. The van der Waals surface area contributed by atoms with Crippen molar-refractivity contribution in [1.29, 1.82) is 0 Å². The summed E-state index contributed by atoms with van der Waals surface area (Å²) in [7, 11) is 1.48. The smallest absolute Gasteiger partial charge is 0.303 e. The normalized spacial score (nSPS) is 15.8. The van der Waals surface area contributed by atoms with E-state index >= 15 is 0 Å². The van der Waals surface area contributed by atoms with E-state index < -0.39 is 18.0 Å². The Kier molecular flexibility index (Phi) is 5.58. The van der Waals surface area contributed by atoms with Gasteiger partial charge < -0.3 is 20.5 Å². The van der Waals surface area contributed by atoms with E-state index in [1.807, 2.05) is 0 Å². The number of benzene rings is 1. The van der Waals surface area contributed by atoms with Gasteiger partial charge in [0.1, 0.15) is 12.3 Å². The van der Waals surface area contributed by atoms with Gasteiger partial charge in [0.2, 0.25) is 11.8 Å². The second-order valence-electron chi connectivity index (χ2n) is 5.48. The Morgan fingerprint density at radius 2 is 1.96 bits per heavy atom. The van der Waals surface area contributed by atoms with Gasteiger partial charge in [-0.1, -0.05) is 0 Å². The van der Waals surface area contributed by atoms with Gasteiger partial charge in [-0.3, -0.25) is 24.1 Å². The molecule has 1 aromatic rings. The van der Waals surface area contributed by atoms with E-state index in [-0.39, 0.29) is 31.2 Å². The van der Waals surface area contributed by atoms with Gasteiger partial charge in [-0.2, -0.15) is 0 Å². The van der Waals surface area contributed by atoms with E-state index in [9.17, 15) is 19.2 Å². The molecule has 0 spiro atoms. The third-order valence-corrected chi connectivity index (χ3v) is 3.60. The fourth-order valence-corrected chi connectivity index (χ4v) is 2.32. The van der Waals surface area contributed by atoms with Crippen LogP contribution in [0.5, 0.6) is 5.75 Å². The second kappa shape index (κ2) is 7.65. The Hall–Kier alpha value is -3.10. The summed E-state index contributed by atoms with van der Waals surface area (Å²) in [6.45, 7) is 1.43. The van der Waals surface area contributed by atoms with Crippen molar-refractivity contribution in [2.75, 3.05) is 23.8 Å². The van der Waals surface area contributed by atoms with Gasteiger partial charge in [0.15, 0.2) is 6.10 Å². The van der Waals surface area contributed by atoms with Gasteiger partial charge in [-0.15, -0.1) is 0 Å². The molecule has 1 aliphatic rings. The third kappa shape index (κ3) is 4.46. The van der Waals surface area contributed by atoms with Gasteiger partial charge in [-0.05, 0) is 19.1 Å². The van der Waals surface area contributed by atoms with Crippen LogP contribution < -0.4 is 20.3 Å². The van der Waals surface area contributed by atoms with Crippen molar-refractivity contribution in [3.63, 3.8) is 0 Å². The molecule has 1 heterocycles. The minimum Gasteiger partial charge on any atom is -0.481 e. The number of anilines is 2. The molecule has 9 heteroatoms. The molecule has 0 saturated heterocycles. The number of ether oxygens (including phenoxy) is 1. The Labute approximate surface area is 143 Å². The number of amides is 3. The van der Waals surface area contributed by atoms with Gasteiger partial charge in [0, 0.05) is 25.2 Å². The number of aliphatic carboxylic acids is 1. The van der Waals surface area contributed by atoms with Crippen LogP contribution in [0, 0.1) is 0 Å². The van der Waals surface area contributed by atoms with Crippen LogP contribution in [0.1, 0.15) is 19.8 Å². The Morgan fingerprint density at radius 1 is 1.24 bits per heavy atom. The quantitative estimate of drug-likeness (QED) is 0.680. The zero-order valence-corrected chi connectivity index (χ0v) is 13.9. The lowest BCUT2D eigenvalue weighted by molar-refractivity contribution is -0.138. The lowest BCUT2D eigenvalue weighted by Crippen LogP contribution is -2.48. The summed E-state index contributed by atoms with van der Waals surface area (Å²) in [6, 6.07) is 4.66. The van der Waals surface area contributed by atoms with Crippen molar-refractivity contribution in [2.24, 2.45) is 0 Å². The first kappa shape index (κ1) is 18.2. The van der Waals surface area contributed by atoms with Crippen molar-refractivity contribution >= 4 is 35.1 Å². The number of hydrogen-bond donors (Lipinski definition) is 3. The number of carboxylic acid groups (broad SMARTS) is 1. The van der Waals surface area contributed by atoms with Crippen LogP contribution in [-0.2, 0) is 19.2 Å².